The van der Waals surface area contributed by atoms with E-state index in [0.29, 0.717) is 6.07 Å². The predicted molar refractivity (Wildman–Crippen MR) is 121 cm³/mol. The van der Waals surface area contributed by atoms with Crippen LogP contribution in [0.4, 0.5) is 13.2 Å². The fourth-order valence-electron chi connectivity index (χ4n) is 3.69. The van der Waals surface area contributed by atoms with Crippen LogP contribution in [0.1, 0.15) is 27.5 Å². The van der Waals surface area contributed by atoms with E-state index in [4.69, 9.17) is 4.55 Å². The molecule has 194 valence electrons. The van der Waals surface area contributed by atoms with Crippen molar-refractivity contribution in [1.82, 2.24) is 19.9 Å². The van der Waals surface area contributed by atoms with Crippen LogP contribution in [0.25, 0.3) is 10.9 Å². The van der Waals surface area contributed by atoms with Crippen molar-refractivity contribution >= 4 is 38.9 Å². The smallest absolute Gasteiger partial charge is 0.360 e. The number of H-pyrrole nitrogens is 1. The number of pyridine rings is 1. The van der Waals surface area contributed by atoms with Gasteiger partial charge < -0.3 is 15.6 Å². The number of aromatic amines is 1. The summed E-state index contributed by atoms with van der Waals surface area (Å²) in [6.07, 6.45) is -3.73. The van der Waals surface area contributed by atoms with Crippen LogP contribution < -0.4 is 16.1 Å². The van der Waals surface area contributed by atoms with Gasteiger partial charge in [-0.05, 0) is 23.8 Å². The first-order valence-corrected chi connectivity index (χ1v) is 11.8. The molecule has 4 rings (SSSR count). The molecule has 1 aromatic heterocycles. The Bertz CT molecular complexity index is 1570. The zero-order chi connectivity index (χ0) is 27.1. The van der Waals surface area contributed by atoms with Gasteiger partial charge in [0.05, 0.1) is 12.1 Å². The summed E-state index contributed by atoms with van der Waals surface area (Å²) in [4.78, 5) is 53.2. The third-order valence-corrected chi connectivity index (χ3v) is 6.50. The number of alkyl halides is 3. The zero-order valence-electron chi connectivity index (χ0n) is 18.4. The molecular weight excluding hydrogens is 521 g/mol. The fraction of sp³-hybridized carbons (Fsp3) is 0.182. The molecule has 2 aromatic carbocycles. The standard InChI is InChI=1S/C22H17F3N4O7S/c23-22(24,25)12-6-7-13-15(8-12)26-9-14(18(13)30)19(31)28-17(11-4-2-1-3-5-11)20(32)27-16-10-29(21(16)33)37(34,35)36/h1-9,16-17H,10H2,(H,26,30)(H,27,32)(H,28,31)(H,34,35,36)/t16?,17-/m1/s1. The maximum Gasteiger partial charge on any atom is 0.416 e. The van der Waals surface area contributed by atoms with Gasteiger partial charge in [-0.15, -0.1) is 0 Å². The number of nitrogens with one attached hydrogen (secondary N) is 3. The van der Waals surface area contributed by atoms with Crippen LogP contribution in [0.5, 0.6) is 0 Å². The van der Waals surface area contributed by atoms with Crippen molar-refractivity contribution in [3.63, 3.8) is 0 Å². The largest absolute Gasteiger partial charge is 0.416 e. The maximum absolute atomic E-state index is 13.0. The second-order valence-corrected chi connectivity index (χ2v) is 9.35. The van der Waals surface area contributed by atoms with Crippen molar-refractivity contribution in [3.05, 3.63) is 81.6 Å². The number of halogens is 3. The Balaban J connectivity index is 1.59. The average Bonchev–Trinajstić information content (AvgIpc) is 2.83. The Morgan fingerprint density at radius 1 is 1.11 bits per heavy atom. The molecule has 2 atom stereocenters. The number of amides is 3. The van der Waals surface area contributed by atoms with E-state index in [1.165, 1.54) is 12.1 Å². The normalized spacial score (nSPS) is 16.7. The second-order valence-electron chi connectivity index (χ2n) is 8.02. The molecule has 0 radical (unpaired) electrons. The van der Waals surface area contributed by atoms with Crippen LogP contribution in [0.3, 0.4) is 0 Å². The highest BCUT2D eigenvalue weighted by Crippen LogP contribution is 2.30. The minimum Gasteiger partial charge on any atom is -0.360 e. The SMILES string of the molecule is O=C(N[C@@H](C(=O)NC1CN(S(=O)(=O)O)C1=O)c1ccccc1)c1c[nH]c2cc(C(F)(F)F)ccc2c1=O. The van der Waals surface area contributed by atoms with Gasteiger partial charge in [0.2, 0.25) is 11.3 Å². The monoisotopic (exact) mass is 538 g/mol. The third kappa shape index (κ3) is 5.17. The van der Waals surface area contributed by atoms with Crippen LogP contribution >= 0.6 is 0 Å². The Morgan fingerprint density at radius 3 is 2.38 bits per heavy atom. The van der Waals surface area contributed by atoms with Gasteiger partial charge in [-0.1, -0.05) is 30.3 Å². The molecule has 1 saturated heterocycles. The number of hydrogen-bond acceptors (Lipinski definition) is 6. The van der Waals surface area contributed by atoms with E-state index in [1.54, 1.807) is 18.2 Å². The molecule has 3 aromatic rings. The van der Waals surface area contributed by atoms with Gasteiger partial charge >= 0.3 is 16.5 Å². The summed E-state index contributed by atoms with van der Waals surface area (Å²) >= 11 is 0. The summed E-state index contributed by atoms with van der Waals surface area (Å²) in [6, 6.07) is 7.31. The fourth-order valence-corrected chi connectivity index (χ4v) is 4.38. The minimum absolute atomic E-state index is 0.146. The lowest BCUT2D eigenvalue weighted by Gasteiger charge is -2.36. The number of carbonyl (C=O) groups excluding carboxylic acids is 3. The first-order valence-electron chi connectivity index (χ1n) is 10.4. The molecule has 2 heterocycles. The molecule has 37 heavy (non-hydrogen) atoms. The van der Waals surface area contributed by atoms with E-state index in [-0.39, 0.29) is 20.8 Å². The van der Waals surface area contributed by atoms with Crippen molar-refractivity contribution in [2.45, 2.75) is 18.3 Å². The molecule has 4 N–H and O–H groups in total. The molecule has 1 fully saturated rings. The number of aromatic nitrogens is 1. The Hall–Kier alpha value is -4.24. The number of fused-ring (bicyclic) bond motifs is 1. The van der Waals surface area contributed by atoms with Gasteiger partial charge in [0.15, 0.2) is 0 Å². The first kappa shape index (κ1) is 25.8. The summed E-state index contributed by atoms with van der Waals surface area (Å²) in [5.74, 6) is -3.04. The highest BCUT2D eigenvalue weighted by atomic mass is 32.2. The Kier molecular flexibility index (Phi) is 6.51. The third-order valence-electron chi connectivity index (χ3n) is 5.61. The quantitative estimate of drug-likeness (QED) is 0.270. The van der Waals surface area contributed by atoms with E-state index < -0.39 is 69.4 Å². The topological polar surface area (TPSA) is 166 Å². The summed E-state index contributed by atoms with van der Waals surface area (Å²) in [5.41, 5.74) is -2.27. The number of nitrogens with zero attached hydrogens (tertiary/aromatic N) is 1. The second kappa shape index (κ2) is 9.33. The molecule has 0 bridgehead atoms. The van der Waals surface area contributed by atoms with Crippen LogP contribution in [0.2, 0.25) is 0 Å². The van der Waals surface area contributed by atoms with Crippen LogP contribution in [-0.4, -0.2) is 52.6 Å². The van der Waals surface area contributed by atoms with E-state index in [9.17, 15) is 40.8 Å². The van der Waals surface area contributed by atoms with E-state index in [1.807, 2.05) is 0 Å². The van der Waals surface area contributed by atoms with Crippen LogP contribution in [-0.2, 0) is 26.1 Å². The Labute approximate surface area is 206 Å². The molecule has 1 unspecified atom stereocenters. The maximum atomic E-state index is 13.0. The lowest BCUT2D eigenvalue weighted by atomic mass is 10.0. The molecule has 1 aliphatic heterocycles. The van der Waals surface area contributed by atoms with Crippen molar-refractivity contribution in [2.75, 3.05) is 6.54 Å². The van der Waals surface area contributed by atoms with Gasteiger partial charge in [0.1, 0.15) is 17.6 Å². The van der Waals surface area contributed by atoms with E-state index in [0.717, 1.165) is 18.3 Å². The van der Waals surface area contributed by atoms with E-state index >= 15 is 0 Å². The number of benzene rings is 2. The summed E-state index contributed by atoms with van der Waals surface area (Å²) < 4.78 is 70.2. The van der Waals surface area contributed by atoms with E-state index in [2.05, 4.69) is 15.6 Å². The molecule has 1 aliphatic rings. The van der Waals surface area contributed by atoms with Crippen molar-refractivity contribution in [1.29, 1.82) is 0 Å². The van der Waals surface area contributed by atoms with Gasteiger partial charge in [0, 0.05) is 17.1 Å². The lowest BCUT2D eigenvalue weighted by Crippen LogP contribution is -2.66. The zero-order valence-corrected chi connectivity index (χ0v) is 19.3. The number of β-lactam (4-membered cyclic amide) rings is 1. The van der Waals surface area contributed by atoms with Gasteiger partial charge in [-0.3, -0.25) is 23.7 Å². The molecular formula is C22H17F3N4O7S. The van der Waals surface area contributed by atoms with Crippen LogP contribution in [0, 0.1) is 0 Å². The van der Waals surface area contributed by atoms with Gasteiger partial charge in [-0.25, -0.2) is 4.31 Å². The molecule has 0 aliphatic carbocycles. The van der Waals surface area contributed by atoms with Crippen molar-refractivity contribution in [2.24, 2.45) is 0 Å². The minimum atomic E-state index is -4.78. The summed E-state index contributed by atoms with van der Waals surface area (Å²) in [5, 5.41) is 4.44. The van der Waals surface area contributed by atoms with Crippen molar-refractivity contribution < 1.29 is 40.5 Å². The summed E-state index contributed by atoms with van der Waals surface area (Å²) in [7, 11) is -4.78. The average molecular weight is 538 g/mol. The predicted octanol–water partition coefficient (Wildman–Crippen LogP) is 1.15. The number of rotatable bonds is 6. The number of carbonyl (C=O) groups is 3. The van der Waals surface area contributed by atoms with Crippen molar-refractivity contribution in [3.8, 4) is 0 Å². The Morgan fingerprint density at radius 2 is 1.78 bits per heavy atom. The molecule has 15 heteroatoms. The molecule has 0 spiro atoms. The van der Waals surface area contributed by atoms with Gasteiger partial charge in [0.25, 0.3) is 11.8 Å². The highest BCUT2D eigenvalue weighted by Gasteiger charge is 2.45. The first-order chi connectivity index (χ1) is 17.3. The number of hydrogen-bond donors (Lipinski definition) is 4. The van der Waals surface area contributed by atoms with Crippen LogP contribution in [0.15, 0.2) is 59.5 Å². The highest BCUT2D eigenvalue weighted by molar-refractivity contribution is 7.84. The molecule has 0 saturated carbocycles. The molecule has 11 nitrogen and oxygen atoms in total. The molecule has 3 amide bonds. The van der Waals surface area contributed by atoms with Gasteiger partial charge in [-0.2, -0.15) is 21.6 Å². The summed E-state index contributed by atoms with van der Waals surface area (Å²) in [6.45, 7) is -0.525. The lowest BCUT2D eigenvalue weighted by molar-refractivity contribution is -0.141.